The molecular formula is C13H17F2NO2. The van der Waals surface area contributed by atoms with E-state index in [0.29, 0.717) is 6.54 Å². The predicted molar refractivity (Wildman–Crippen MR) is 64.1 cm³/mol. The van der Waals surface area contributed by atoms with Crippen molar-refractivity contribution in [3.63, 3.8) is 0 Å². The van der Waals surface area contributed by atoms with E-state index in [1.165, 1.54) is 23.1 Å². The first kappa shape index (κ1) is 14.6. The number of nitrogens with zero attached hydrogens (tertiary/aromatic N) is 1. The van der Waals surface area contributed by atoms with Gasteiger partial charge in [-0.25, -0.2) is 8.78 Å². The minimum absolute atomic E-state index is 0.0387. The number of benzene rings is 1. The van der Waals surface area contributed by atoms with Crippen molar-refractivity contribution in [1.29, 1.82) is 0 Å². The van der Waals surface area contributed by atoms with Crippen molar-refractivity contribution in [3.8, 4) is 0 Å². The standard InChI is InChI=1S/C13H17F2NO2/c1-9(2)6-16(8-13(17)18)7-10-11(14)4-3-5-12(10)15/h3-5,9H,6-8H2,1-2H3,(H,17,18). The van der Waals surface area contributed by atoms with Gasteiger partial charge >= 0.3 is 5.97 Å². The summed E-state index contributed by atoms with van der Waals surface area (Å²) in [6, 6.07) is 3.64. The molecule has 0 spiro atoms. The van der Waals surface area contributed by atoms with Crippen LogP contribution in [0.2, 0.25) is 0 Å². The van der Waals surface area contributed by atoms with Crippen molar-refractivity contribution in [2.24, 2.45) is 5.92 Å². The number of carboxylic acid groups (broad SMARTS) is 1. The lowest BCUT2D eigenvalue weighted by atomic mass is 10.1. The first-order valence-corrected chi connectivity index (χ1v) is 5.77. The number of carboxylic acids is 1. The van der Waals surface area contributed by atoms with E-state index in [9.17, 15) is 13.6 Å². The molecule has 0 bridgehead atoms. The SMILES string of the molecule is CC(C)CN(CC(=O)O)Cc1c(F)cccc1F. The molecule has 0 aliphatic heterocycles. The highest BCUT2D eigenvalue weighted by Gasteiger charge is 2.16. The van der Waals surface area contributed by atoms with Gasteiger partial charge in [0.1, 0.15) is 11.6 Å². The average molecular weight is 257 g/mol. The fourth-order valence-electron chi connectivity index (χ4n) is 1.80. The summed E-state index contributed by atoms with van der Waals surface area (Å²) in [5, 5.41) is 8.78. The van der Waals surface area contributed by atoms with Crippen LogP contribution in [0.15, 0.2) is 18.2 Å². The zero-order chi connectivity index (χ0) is 13.7. The molecule has 0 radical (unpaired) electrons. The summed E-state index contributed by atoms with van der Waals surface area (Å²) in [5.74, 6) is -2.07. The fourth-order valence-corrected chi connectivity index (χ4v) is 1.80. The van der Waals surface area contributed by atoms with E-state index in [4.69, 9.17) is 5.11 Å². The Labute approximate surface area is 105 Å². The van der Waals surface area contributed by atoms with Gasteiger partial charge in [-0.15, -0.1) is 0 Å². The van der Waals surface area contributed by atoms with Gasteiger partial charge in [-0.2, -0.15) is 0 Å². The third kappa shape index (κ3) is 4.41. The molecular weight excluding hydrogens is 240 g/mol. The van der Waals surface area contributed by atoms with E-state index in [2.05, 4.69) is 0 Å². The molecule has 0 aliphatic rings. The van der Waals surface area contributed by atoms with Gasteiger partial charge in [0.15, 0.2) is 0 Å². The zero-order valence-corrected chi connectivity index (χ0v) is 10.5. The predicted octanol–water partition coefficient (Wildman–Crippen LogP) is 2.51. The van der Waals surface area contributed by atoms with E-state index in [0.717, 1.165) is 0 Å². The first-order valence-electron chi connectivity index (χ1n) is 5.77. The van der Waals surface area contributed by atoms with Crippen LogP contribution in [0.5, 0.6) is 0 Å². The van der Waals surface area contributed by atoms with Gasteiger partial charge in [0, 0.05) is 18.7 Å². The largest absolute Gasteiger partial charge is 0.480 e. The normalized spacial score (nSPS) is 11.2. The highest BCUT2D eigenvalue weighted by atomic mass is 19.1. The molecule has 0 aromatic heterocycles. The maximum atomic E-state index is 13.5. The van der Waals surface area contributed by atoms with Crippen LogP contribution in [-0.4, -0.2) is 29.1 Å². The first-order chi connectivity index (χ1) is 8.40. The van der Waals surface area contributed by atoms with Gasteiger partial charge in [0.25, 0.3) is 0 Å². The Bertz CT molecular complexity index is 401. The second kappa shape index (κ2) is 6.44. The summed E-state index contributed by atoms with van der Waals surface area (Å²) in [5.41, 5.74) is -0.0839. The van der Waals surface area contributed by atoms with Crippen molar-refractivity contribution in [3.05, 3.63) is 35.4 Å². The molecule has 1 aromatic carbocycles. The number of hydrogen-bond donors (Lipinski definition) is 1. The Kier molecular flexibility index (Phi) is 5.22. The zero-order valence-electron chi connectivity index (χ0n) is 10.5. The summed E-state index contributed by atoms with van der Waals surface area (Å²) in [4.78, 5) is 12.2. The Morgan fingerprint density at radius 2 is 1.89 bits per heavy atom. The van der Waals surface area contributed by atoms with Crippen molar-refractivity contribution >= 4 is 5.97 Å². The maximum absolute atomic E-state index is 13.5. The third-order valence-electron chi connectivity index (χ3n) is 2.43. The molecule has 0 amide bonds. The van der Waals surface area contributed by atoms with Crippen LogP contribution in [0, 0.1) is 17.6 Å². The van der Waals surface area contributed by atoms with Crippen molar-refractivity contribution in [2.45, 2.75) is 20.4 Å². The molecule has 100 valence electrons. The highest BCUT2D eigenvalue weighted by Crippen LogP contribution is 2.15. The lowest BCUT2D eigenvalue weighted by Gasteiger charge is -2.22. The lowest BCUT2D eigenvalue weighted by Crippen LogP contribution is -2.33. The molecule has 0 fully saturated rings. The summed E-state index contributed by atoms with van der Waals surface area (Å²) >= 11 is 0. The summed E-state index contributed by atoms with van der Waals surface area (Å²) in [6.07, 6.45) is 0. The summed E-state index contributed by atoms with van der Waals surface area (Å²) < 4.78 is 26.9. The van der Waals surface area contributed by atoms with Gasteiger partial charge < -0.3 is 5.11 Å². The van der Waals surface area contributed by atoms with Crippen molar-refractivity contribution in [2.75, 3.05) is 13.1 Å². The number of rotatable bonds is 6. The molecule has 1 N–H and O–H groups in total. The van der Waals surface area contributed by atoms with Gasteiger partial charge in [-0.3, -0.25) is 9.69 Å². The second-order valence-electron chi connectivity index (χ2n) is 4.66. The Morgan fingerprint density at radius 1 is 1.33 bits per heavy atom. The average Bonchev–Trinajstić information content (AvgIpc) is 2.21. The number of halogens is 2. The summed E-state index contributed by atoms with van der Waals surface area (Å²) in [7, 11) is 0. The van der Waals surface area contributed by atoms with E-state index < -0.39 is 17.6 Å². The molecule has 0 heterocycles. The monoisotopic (exact) mass is 257 g/mol. The molecule has 1 rings (SSSR count). The van der Waals surface area contributed by atoms with Crippen LogP contribution in [0.25, 0.3) is 0 Å². The Morgan fingerprint density at radius 3 is 2.33 bits per heavy atom. The molecule has 0 saturated heterocycles. The quantitative estimate of drug-likeness (QED) is 0.851. The maximum Gasteiger partial charge on any atom is 0.317 e. The van der Waals surface area contributed by atoms with E-state index in [-0.39, 0.29) is 24.6 Å². The number of hydrogen-bond acceptors (Lipinski definition) is 2. The number of carbonyl (C=O) groups is 1. The topological polar surface area (TPSA) is 40.5 Å². The Hall–Kier alpha value is -1.49. The number of aliphatic carboxylic acids is 1. The van der Waals surface area contributed by atoms with Gasteiger partial charge in [0.05, 0.1) is 6.54 Å². The van der Waals surface area contributed by atoms with Crippen LogP contribution >= 0.6 is 0 Å². The Balaban J connectivity index is 2.84. The molecule has 0 unspecified atom stereocenters. The molecule has 0 saturated carbocycles. The van der Waals surface area contributed by atoms with Gasteiger partial charge in [-0.05, 0) is 18.1 Å². The second-order valence-corrected chi connectivity index (χ2v) is 4.66. The molecule has 0 atom stereocenters. The fraction of sp³-hybridized carbons (Fsp3) is 0.462. The van der Waals surface area contributed by atoms with Crippen LogP contribution < -0.4 is 0 Å². The molecule has 3 nitrogen and oxygen atoms in total. The van der Waals surface area contributed by atoms with Crippen LogP contribution in [-0.2, 0) is 11.3 Å². The van der Waals surface area contributed by atoms with E-state index in [1.54, 1.807) is 0 Å². The van der Waals surface area contributed by atoms with Crippen LogP contribution in [0.4, 0.5) is 8.78 Å². The van der Waals surface area contributed by atoms with Gasteiger partial charge in [0.2, 0.25) is 0 Å². The minimum atomic E-state index is -1.01. The van der Waals surface area contributed by atoms with Gasteiger partial charge in [-0.1, -0.05) is 19.9 Å². The molecule has 18 heavy (non-hydrogen) atoms. The third-order valence-corrected chi connectivity index (χ3v) is 2.43. The smallest absolute Gasteiger partial charge is 0.317 e. The van der Waals surface area contributed by atoms with Crippen molar-refractivity contribution in [1.82, 2.24) is 4.90 Å². The van der Waals surface area contributed by atoms with E-state index in [1.807, 2.05) is 13.8 Å². The lowest BCUT2D eigenvalue weighted by molar-refractivity contribution is -0.138. The van der Waals surface area contributed by atoms with Crippen LogP contribution in [0.1, 0.15) is 19.4 Å². The highest BCUT2D eigenvalue weighted by molar-refractivity contribution is 5.69. The molecule has 1 aromatic rings. The van der Waals surface area contributed by atoms with Crippen LogP contribution in [0.3, 0.4) is 0 Å². The summed E-state index contributed by atoms with van der Waals surface area (Å²) in [6.45, 7) is 4.05. The molecule has 0 aliphatic carbocycles. The minimum Gasteiger partial charge on any atom is -0.480 e. The van der Waals surface area contributed by atoms with Crippen molar-refractivity contribution < 1.29 is 18.7 Å². The molecule has 5 heteroatoms. The van der Waals surface area contributed by atoms with E-state index >= 15 is 0 Å².